The van der Waals surface area contributed by atoms with Gasteiger partial charge in [0.05, 0.1) is 0 Å². The van der Waals surface area contributed by atoms with Crippen LogP contribution in [0.25, 0.3) is 0 Å². The van der Waals surface area contributed by atoms with Crippen LogP contribution in [0.5, 0.6) is 0 Å². The summed E-state index contributed by atoms with van der Waals surface area (Å²) in [6.45, 7) is 6.72. The van der Waals surface area contributed by atoms with E-state index in [1.807, 2.05) is 0 Å². The summed E-state index contributed by atoms with van der Waals surface area (Å²) in [7, 11) is 2.28. The molecule has 0 saturated heterocycles. The van der Waals surface area contributed by atoms with Crippen LogP contribution in [-0.2, 0) is 0 Å². The Morgan fingerprint density at radius 1 is 1.26 bits per heavy atom. The zero-order valence-corrected chi connectivity index (χ0v) is 12.7. The number of nitrogens with zero attached hydrogens (tertiary/aromatic N) is 1. The van der Waals surface area contributed by atoms with Crippen molar-refractivity contribution in [1.29, 1.82) is 0 Å². The largest absolute Gasteiger partial charge is 0.384 e. The second-order valence-electron chi connectivity index (χ2n) is 6.15. The van der Waals surface area contributed by atoms with Crippen LogP contribution in [0.4, 0.5) is 5.69 Å². The lowest BCUT2D eigenvalue weighted by Gasteiger charge is -2.34. The van der Waals surface area contributed by atoms with Crippen molar-refractivity contribution in [3.05, 3.63) is 29.8 Å². The molecule has 2 unspecified atom stereocenters. The van der Waals surface area contributed by atoms with E-state index in [-0.39, 0.29) is 0 Å². The van der Waals surface area contributed by atoms with Crippen molar-refractivity contribution in [1.82, 2.24) is 4.90 Å². The summed E-state index contributed by atoms with van der Waals surface area (Å²) < 4.78 is 0. The molecule has 2 rings (SSSR count). The maximum absolute atomic E-state index is 3.55. The maximum atomic E-state index is 3.55. The molecule has 1 fully saturated rings. The summed E-state index contributed by atoms with van der Waals surface area (Å²) >= 11 is 0. The fourth-order valence-electron chi connectivity index (χ4n) is 3.12. The van der Waals surface area contributed by atoms with Gasteiger partial charge in [0.2, 0.25) is 0 Å². The summed E-state index contributed by atoms with van der Waals surface area (Å²) in [5, 5.41) is 3.55. The molecule has 1 saturated carbocycles. The number of benzene rings is 1. The molecule has 0 amide bonds. The van der Waals surface area contributed by atoms with Crippen molar-refractivity contribution in [3.63, 3.8) is 0 Å². The molecule has 1 aromatic carbocycles. The Morgan fingerprint density at radius 3 is 2.79 bits per heavy atom. The normalized spacial score (nSPS) is 23.6. The van der Waals surface area contributed by atoms with E-state index in [4.69, 9.17) is 0 Å². The van der Waals surface area contributed by atoms with Gasteiger partial charge in [-0.15, -0.1) is 0 Å². The van der Waals surface area contributed by atoms with E-state index in [1.54, 1.807) is 0 Å². The van der Waals surface area contributed by atoms with Crippen LogP contribution in [-0.4, -0.2) is 31.1 Å². The minimum absolute atomic E-state index is 0.794. The van der Waals surface area contributed by atoms with Crippen LogP contribution >= 0.6 is 0 Å². The first-order chi connectivity index (χ1) is 9.16. The van der Waals surface area contributed by atoms with E-state index in [0.29, 0.717) is 0 Å². The third-order valence-corrected chi connectivity index (χ3v) is 4.46. The molecule has 2 nitrogen and oxygen atoms in total. The molecule has 2 atom stereocenters. The maximum Gasteiger partial charge on any atom is 0.0370 e. The van der Waals surface area contributed by atoms with E-state index in [1.165, 1.54) is 36.9 Å². The van der Waals surface area contributed by atoms with Crippen LogP contribution in [0.2, 0.25) is 0 Å². The van der Waals surface area contributed by atoms with Crippen LogP contribution in [0, 0.1) is 12.8 Å². The number of hydrogen-bond acceptors (Lipinski definition) is 2. The number of hydrogen-bond donors (Lipinski definition) is 1. The van der Waals surface area contributed by atoms with Gasteiger partial charge in [0.1, 0.15) is 0 Å². The van der Waals surface area contributed by atoms with E-state index < -0.39 is 0 Å². The van der Waals surface area contributed by atoms with Gasteiger partial charge < -0.3 is 10.2 Å². The molecule has 0 spiro atoms. The van der Waals surface area contributed by atoms with Crippen molar-refractivity contribution in [2.45, 2.75) is 45.6 Å². The van der Waals surface area contributed by atoms with Crippen molar-refractivity contribution in [2.75, 3.05) is 25.5 Å². The third-order valence-electron chi connectivity index (χ3n) is 4.46. The molecule has 0 radical (unpaired) electrons. The summed E-state index contributed by atoms with van der Waals surface area (Å²) in [5.74, 6) is 0.908. The van der Waals surface area contributed by atoms with Gasteiger partial charge in [0.25, 0.3) is 0 Å². The fraction of sp³-hybridized carbons (Fsp3) is 0.647. The van der Waals surface area contributed by atoms with Gasteiger partial charge in [-0.3, -0.25) is 0 Å². The molecule has 0 heterocycles. The summed E-state index contributed by atoms with van der Waals surface area (Å²) in [5.41, 5.74) is 2.60. The highest BCUT2D eigenvalue weighted by atomic mass is 15.1. The summed E-state index contributed by atoms with van der Waals surface area (Å²) in [6.07, 6.45) is 5.58. The number of nitrogens with one attached hydrogen (secondary N) is 1. The minimum atomic E-state index is 0.794. The Labute approximate surface area is 118 Å². The fourth-order valence-corrected chi connectivity index (χ4v) is 3.12. The van der Waals surface area contributed by atoms with Gasteiger partial charge in [0.15, 0.2) is 0 Å². The molecule has 0 bridgehead atoms. The molecular formula is C17H28N2. The zero-order chi connectivity index (χ0) is 13.7. The molecular weight excluding hydrogens is 232 g/mol. The predicted octanol–water partition coefficient (Wildman–Crippen LogP) is 3.92. The topological polar surface area (TPSA) is 15.3 Å². The Kier molecular flexibility index (Phi) is 5.26. The number of para-hydroxylation sites is 1. The Morgan fingerprint density at radius 2 is 2.05 bits per heavy atom. The van der Waals surface area contributed by atoms with Crippen LogP contribution in [0.1, 0.15) is 38.2 Å². The van der Waals surface area contributed by atoms with Gasteiger partial charge >= 0.3 is 0 Å². The number of rotatable bonds is 5. The summed E-state index contributed by atoms with van der Waals surface area (Å²) in [4.78, 5) is 2.54. The first-order valence-corrected chi connectivity index (χ1v) is 7.66. The first-order valence-electron chi connectivity index (χ1n) is 7.66. The highest BCUT2D eigenvalue weighted by Gasteiger charge is 2.21. The number of anilines is 1. The Hall–Kier alpha value is -1.02. The molecule has 1 N–H and O–H groups in total. The van der Waals surface area contributed by atoms with Crippen LogP contribution in [0.3, 0.4) is 0 Å². The molecule has 1 aliphatic carbocycles. The van der Waals surface area contributed by atoms with Crippen molar-refractivity contribution < 1.29 is 0 Å². The first kappa shape index (κ1) is 14.4. The average Bonchev–Trinajstić information content (AvgIpc) is 2.41. The van der Waals surface area contributed by atoms with E-state index >= 15 is 0 Å². The molecule has 19 heavy (non-hydrogen) atoms. The molecule has 106 valence electrons. The lowest BCUT2D eigenvalue weighted by Crippen LogP contribution is -2.38. The van der Waals surface area contributed by atoms with Gasteiger partial charge in [-0.05, 0) is 44.4 Å². The van der Waals surface area contributed by atoms with E-state index in [2.05, 4.69) is 55.4 Å². The number of likely N-dealkylation sites (N-methyl/N-ethyl adjacent to an activating group) is 1. The Balaban J connectivity index is 1.74. The summed E-state index contributed by atoms with van der Waals surface area (Å²) in [6, 6.07) is 9.31. The second kappa shape index (κ2) is 6.95. The van der Waals surface area contributed by atoms with Gasteiger partial charge in [-0.1, -0.05) is 38.0 Å². The van der Waals surface area contributed by atoms with Crippen molar-refractivity contribution in [2.24, 2.45) is 5.92 Å². The van der Waals surface area contributed by atoms with Gasteiger partial charge in [0, 0.05) is 24.8 Å². The molecule has 1 aromatic rings. The minimum Gasteiger partial charge on any atom is -0.384 e. The smallest absolute Gasteiger partial charge is 0.0370 e. The van der Waals surface area contributed by atoms with Crippen LogP contribution in [0.15, 0.2) is 24.3 Å². The third kappa shape index (κ3) is 4.24. The zero-order valence-electron chi connectivity index (χ0n) is 12.7. The van der Waals surface area contributed by atoms with E-state index in [0.717, 1.165) is 25.0 Å². The SMILES string of the molecule is Cc1ccccc1NCCN(C)C1CCCC(C)C1. The quantitative estimate of drug-likeness (QED) is 0.863. The lowest BCUT2D eigenvalue weighted by molar-refractivity contribution is 0.169. The molecule has 1 aliphatic rings. The van der Waals surface area contributed by atoms with Crippen molar-refractivity contribution >= 4 is 5.69 Å². The monoisotopic (exact) mass is 260 g/mol. The highest BCUT2D eigenvalue weighted by molar-refractivity contribution is 5.50. The molecule has 2 heteroatoms. The second-order valence-corrected chi connectivity index (χ2v) is 6.15. The predicted molar refractivity (Wildman–Crippen MR) is 83.7 cm³/mol. The highest BCUT2D eigenvalue weighted by Crippen LogP contribution is 2.26. The number of aryl methyl sites for hydroxylation is 1. The van der Waals surface area contributed by atoms with E-state index in [9.17, 15) is 0 Å². The lowest BCUT2D eigenvalue weighted by atomic mass is 9.86. The van der Waals surface area contributed by atoms with Crippen molar-refractivity contribution in [3.8, 4) is 0 Å². The Bertz CT molecular complexity index is 389. The molecule has 0 aliphatic heterocycles. The van der Waals surface area contributed by atoms with Gasteiger partial charge in [-0.25, -0.2) is 0 Å². The van der Waals surface area contributed by atoms with Crippen LogP contribution < -0.4 is 5.32 Å². The standard InChI is InChI=1S/C17H28N2/c1-14-7-6-9-16(13-14)19(3)12-11-18-17-10-5-4-8-15(17)2/h4-5,8,10,14,16,18H,6-7,9,11-13H2,1-3H3. The average molecular weight is 260 g/mol. The van der Waals surface area contributed by atoms with Gasteiger partial charge in [-0.2, -0.15) is 0 Å². The molecule has 0 aromatic heterocycles.